The normalized spacial score (nSPS) is 10.7. The van der Waals surface area contributed by atoms with Gasteiger partial charge in [-0.05, 0) is 35.4 Å². The van der Waals surface area contributed by atoms with E-state index < -0.39 is 0 Å². The molecular formula is C15H10N2O. The van der Waals surface area contributed by atoms with Crippen LogP contribution in [0.25, 0.3) is 26.5 Å². The molecule has 18 heavy (non-hydrogen) atoms. The third-order valence-corrected chi connectivity index (χ3v) is 3.28. The predicted molar refractivity (Wildman–Crippen MR) is 70.4 cm³/mol. The van der Waals surface area contributed by atoms with Crippen molar-refractivity contribution in [2.24, 2.45) is 0 Å². The van der Waals surface area contributed by atoms with Crippen molar-refractivity contribution in [1.29, 1.82) is 5.39 Å². The summed E-state index contributed by atoms with van der Waals surface area (Å²) in [4.78, 5) is 3.37. The fraction of sp³-hybridized carbons (Fsp3) is 0.0667. The highest BCUT2D eigenvalue weighted by Gasteiger charge is 2.18. The number of rotatable bonds is 0. The average molecular weight is 234 g/mol. The molecule has 0 spiro atoms. The summed E-state index contributed by atoms with van der Waals surface area (Å²) < 4.78 is 0. The van der Waals surface area contributed by atoms with E-state index >= 15 is 0 Å². The first-order chi connectivity index (χ1) is 8.74. The molecular weight excluding hydrogens is 224 g/mol. The van der Waals surface area contributed by atoms with Gasteiger partial charge in [-0.2, -0.15) is 0 Å². The Balaban J connectivity index is 2.72. The zero-order valence-corrected chi connectivity index (χ0v) is 9.84. The second-order valence-electron chi connectivity index (χ2n) is 4.32. The maximum absolute atomic E-state index is 12.5. The van der Waals surface area contributed by atoms with Crippen molar-refractivity contribution in [2.75, 3.05) is 0 Å². The second-order valence-corrected chi connectivity index (χ2v) is 4.32. The van der Waals surface area contributed by atoms with Crippen LogP contribution in [0.15, 0.2) is 42.5 Å². The van der Waals surface area contributed by atoms with Gasteiger partial charge in [0.25, 0.3) is 0 Å². The first-order valence-electron chi connectivity index (χ1n) is 5.70. The van der Waals surface area contributed by atoms with Crippen molar-refractivity contribution in [3.8, 4) is 5.75 Å². The monoisotopic (exact) mass is 234 g/mol. The van der Waals surface area contributed by atoms with Gasteiger partial charge in [-0.3, -0.25) is 0 Å². The van der Waals surface area contributed by atoms with Crippen molar-refractivity contribution < 1.29 is 5.11 Å². The van der Waals surface area contributed by atoms with Crippen molar-refractivity contribution in [3.05, 3.63) is 53.0 Å². The number of hydrogen-bond acceptors (Lipinski definition) is 2. The fourth-order valence-electron chi connectivity index (χ4n) is 2.44. The number of benzene rings is 3. The molecule has 0 aliphatic heterocycles. The van der Waals surface area contributed by atoms with Crippen LogP contribution >= 0.6 is 0 Å². The molecule has 3 rings (SSSR count). The number of hydrogen-bond donors (Lipinski definition) is 0. The van der Waals surface area contributed by atoms with Gasteiger partial charge >= 0.3 is 5.69 Å². The summed E-state index contributed by atoms with van der Waals surface area (Å²) in [5.74, 6) is -0.00824. The quantitative estimate of drug-likeness (QED) is 0.438. The van der Waals surface area contributed by atoms with E-state index in [0.717, 1.165) is 5.56 Å². The van der Waals surface area contributed by atoms with Crippen molar-refractivity contribution in [3.63, 3.8) is 0 Å². The zero-order valence-electron chi connectivity index (χ0n) is 9.84. The number of nitrogens with zero attached hydrogens (tertiary/aromatic N) is 2. The van der Waals surface area contributed by atoms with Gasteiger partial charge in [0.1, 0.15) is 0 Å². The Labute approximate surface area is 104 Å². The first kappa shape index (κ1) is 10.5. The van der Waals surface area contributed by atoms with Gasteiger partial charge in [-0.15, -0.1) is 0 Å². The van der Waals surface area contributed by atoms with Crippen LogP contribution in [0.2, 0.25) is 0 Å². The SMILES string of the molecule is Cc1cccc2c([N+]#N)c3ccccc3c([O-])c12. The van der Waals surface area contributed by atoms with Crippen LogP contribution in [0.4, 0.5) is 5.69 Å². The lowest BCUT2D eigenvalue weighted by Gasteiger charge is -2.15. The van der Waals surface area contributed by atoms with Gasteiger partial charge in [0, 0.05) is 0 Å². The van der Waals surface area contributed by atoms with Gasteiger partial charge in [-0.25, -0.2) is 0 Å². The number of aryl methyl sites for hydroxylation is 1. The number of diazo groups is 1. The Morgan fingerprint density at radius 2 is 1.61 bits per heavy atom. The molecule has 3 nitrogen and oxygen atoms in total. The smallest absolute Gasteiger partial charge is 0.400 e. The summed E-state index contributed by atoms with van der Waals surface area (Å²) in [5, 5.41) is 24.3. The molecule has 0 atom stereocenters. The molecule has 0 fully saturated rings. The summed E-state index contributed by atoms with van der Waals surface area (Å²) >= 11 is 0. The molecule has 0 radical (unpaired) electrons. The lowest BCUT2D eigenvalue weighted by molar-refractivity contribution is -0.263. The molecule has 0 unspecified atom stereocenters. The van der Waals surface area contributed by atoms with Crippen LogP contribution in [0, 0.1) is 12.3 Å². The van der Waals surface area contributed by atoms with E-state index in [9.17, 15) is 10.5 Å². The number of fused-ring (bicyclic) bond motifs is 2. The van der Waals surface area contributed by atoms with Crippen LogP contribution < -0.4 is 5.11 Å². The molecule has 0 saturated heterocycles. The molecule has 0 saturated carbocycles. The van der Waals surface area contributed by atoms with Gasteiger partial charge < -0.3 is 5.11 Å². The Hall–Kier alpha value is -2.60. The Morgan fingerprint density at radius 1 is 0.944 bits per heavy atom. The summed E-state index contributed by atoms with van der Waals surface area (Å²) in [5.41, 5.74) is 1.36. The summed E-state index contributed by atoms with van der Waals surface area (Å²) in [6.45, 7) is 1.89. The van der Waals surface area contributed by atoms with E-state index in [1.165, 1.54) is 0 Å². The fourth-order valence-corrected chi connectivity index (χ4v) is 2.44. The molecule has 0 amide bonds. The molecule has 86 valence electrons. The summed E-state index contributed by atoms with van der Waals surface area (Å²) in [7, 11) is 0. The molecule has 0 N–H and O–H groups in total. The van der Waals surface area contributed by atoms with Crippen LogP contribution in [0.5, 0.6) is 5.75 Å². The van der Waals surface area contributed by atoms with Crippen LogP contribution in [-0.2, 0) is 0 Å². The Morgan fingerprint density at radius 3 is 2.33 bits per heavy atom. The minimum Gasteiger partial charge on any atom is -0.872 e. The summed E-state index contributed by atoms with van der Waals surface area (Å²) in [6, 6.07) is 12.8. The molecule has 3 heteroatoms. The predicted octanol–water partition coefficient (Wildman–Crippen LogP) is 3.86. The molecule has 0 aliphatic rings. The average Bonchev–Trinajstić information content (AvgIpc) is 2.39. The minimum absolute atomic E-state index is 0.00824. The Bertz CT molecular complexity index is 816. The summed E-state index contributed by atoms with van der Waals surface area (Å²) in [6.07, 6.45) is 0. The highest BCUT2D eigenvalue weighted by atomic mass is 16.3. The molecule has 0 bridgehead atoms. The standard InChI is InChI=1S/C15H10N2O/c1-9-5-4-8-12-13(9)15(18)11-7-3-2-6-10(11)14(12)17-16/h2-8H,1H3. The topological polar surface area (TPSA) is 51.2 Å². The maximum Gasteiger partial charge on any atom is 0.400 e. The molecule has 3 aromatic carbocycles. The van der Waals surface area contributed by atoms with E-state index in [1.54, 1.807) is 12.1 Å². The van der Waals surface area contributed by atoms with Crippen LogP contribution in [0.3, 0.4) is 0 Å². The zero-order chi connectivity index (χ0) is 12.7. The van der Waals surface area contributed by atoms with Gasteiger partial charge in [0.05, 0.1) is 10.8 Å². The van der Waals surface area contributed by atoms with Gasteiger partial charge in [-0.1, -0.05) is 36.1 Å². The lowest BCUT2D eigenvalue weighted by Crippen LogP contribution is -1.95. The third kappa shape index (κ3) is 1.26. The maximum atomic E-state index is 12.5. The first-order valence-corrected chi connectivity index (χ1v) is 5.70. The van der Waals surface area contributed by atoms with Crippen LogP contribution in [0.1, 0.15) is 5.56 Å². The lowest BCUT2D eigenvalue weighted by atomic mass is 9.97. The van der Waals surface area contributed by atoms with E-state index in [2.05, 4.69) is 4.98 Å². The van der Waals surface area contributed by atoms with Crippen molar-refractivity contribution >= 4 is 27.2 Å². The highest BCUT2D eigenvalue weighted by Crippen LogP contribution is 2.41. The van der Waals surface area contributed by atoms with E-state index in [0.29, 0.717) is 27.2 Å². The molecule has 0 aromatic heterocycles. The third-order valence-electron chi connectivity index (χ3n) is 3.28. The largest absolute Gasteiger partial charge is 0.872 e. The second kappa shape index (κ2) is 3.71. The van der Waals surface area contributed by atoms with E-state index in [1.807, 2.05) is 37.3 Å². The molecule has 3 aromatic rings. The Kier molecular flexibility index (Phi) is 2.17. The highest BCUT2D eigenvalue weighted by molar-refractivity contribution is 6.16. The van der Waals surface area contributed by atoms with Crippen LogP contribution in [-0.4, -0.2) is 0 Å². The molecule has 0 heterocycles. The van der Waals surface area contributed by atoms with Gasteiger partial charge in [0.15, 0.2) is 4.98 Å². The molecule has 0 aliphatic carbocycles. The minimum atomic E-state index is -0.00824. The van der Waals surface area contributed by atoms with E-state index in [4.69, 9.17) is 0 Å². The van der Waals surface area contributed by atoms with E-state index in [-0.39, 0.29) is 5.75 Å². The van der Waals surface area contributed by atoms with Crippen molar-refractivity contribution in [2.45, 2.75) is 6.92 Å². The van der Waals surface area contributed by atoms with Gasteiger partial charge in [0.2, 0.25) is 5.39 Å². The van der Waals surface area contributed by atoms with Crippen molar-refractivity contribution in [1.82, 2.24) is 0 Å².